The zero-order valence-electron chi connectivity index (χ0n) is 48.7. The maximum absolute atomic E-state index is 12.9. The summed E-state index contributed by atoms with van der Waals surface area (Å²) in [4.78, 5) is 38.2. The van der Waals surface area contributed by atoms with Gasteiger partial charge in [-0.2, -0.15) is 0 Å². The van der Waals surface area contributed by atoms with Gasteiger partial charge in [-0.3, -0.25) is 14.4 Å². The molecule has 0 N–H and O–H groups in total. The van der Waals surface area contributed by atoms with Gasteiger partial charge in [-0.25, -0.2) is 0 Å². The van der Waals surface area contributed by atoms with Gasteiger partial charge in [0, 0.05) is 19.3 Å². The number of ether oxygens (including phenoxy) is 3. The van der Waals surface area contributed by atoms with Crippen molar-refractivity contribution in [3.05, 3.63) is 60.8 Å². The number of esters is 3. The Balaban J connectivity index is 4.23. The van der Waals surface area contributed by atoms with Crippen molar-refractivity contribution in [3.8, 4) is 0 Å². The van der Waals surface area contributed by atoms with E-state index in [-0.39, 0.29) is 31.1 Å². The second kappa shape index (κ2) is 61.7. The molecule has 0 rings (SSSR count). The molecule has 0 aromatic heterocycles. The van der Waals surface area contributed by atoms with Crippen LogP contribution in [-0.2, 0) is 28.6 Å². The third-order valence-corrected chi connectivity index (χ3v) is 14.0. The van der Waals surface area contributed by atoms with Gasteiger partial charge in [-0.1, -0.05) is 274 Å². The Hall–Kier alpha value is -2.89. The van der Waals surface area contributed by atoms with Crippen LogP contribution in [0.25, 0.3) is 0 Å². The minimum absolute atomic E-state index is 0.0825. The molecule has 1 unspecified atom stereocenters. The van der Waals surface area contributed by atoms with Crippen molar-refractivity contribution in [2.45, 2.75) is 335 Å². The zero-order chi connectivity index (χ0) is 52.9. The molecule has 0 heterocycles. The summed E-state index contributed by atoms with van der Waals surface area (Å²) in [6.45, 7) is 6.57. The van der Waals surface area contributed by atoms with Gasteiger partial charge in [0.15, 0.2) is 6.10 Å². The maximum Gasteiger partial charge on any atom is 0.306 e. The Morgan fingerprint density at radius 3 is 0.808 bits per heavy atom. The maximum atomic E-state index is 12.9. The highest BCUT2D eigenvalue weighted by molar-refractivity contribution is 5.71. The third-order valence-electron chi connectivity index (χ3n) is 14.0. The standard InChI is InChI=1S/C67H120O6/c1-4-7-10-13-16-19-22-25-28-29-30-31-32-33-34-35-36-37-38-39-40-43-45-48-51-54-57-60-66(69)72-63-64(73-67(70)61-58-55-52-49-46-42-27-24-21-18-15-12-9-6-3)62-71-65(68)59-56-53-50-47-44-41-26-23-20-17-14-11-8-5-2/h14-15,17-18,23-24,26-27,29-30,64H,4-13,16,19-22,25,28,31-63H2,1-3H3/b17-14-,18-15-,26-23-,27-24-,30-29-. The first-order valence-corrected chi connectivity index (χ1v) is 31.8. The van der Waals surface area contributed by atoms with E-state index in [0.29, 0.717) is 19.3 Å². The molecule has 73 heavy (non-hydrogen) atoms. The van der Waals surface area contributed by atoms with Crippen LogP contribution >= 0.6 is 0 Å². The van der Waals surface area contributed by atoms with Gasteiger partial charge >= 0.3 is 17.9 Å². The van der Waals surface area contributed by atoms with E-state index in [0.717, 1.165) is 103 Å². The number of rotatable bonds is 58. The summed E-state index contributed by atoms with van der Waals surface area (Å²) < 4.78 is 16.9. The van der Waals surface area contributed by atoms with Gasteiger partial charge < -0.3 is 14.2 Å². The van der Waals surface area contributed by atoms with Gasteiger partial charge in [0.25, 0.3) is 0 Å². The number of carbonyl (C=O) groups excluding carboxylic acids is 3. The molecular weight excluding hydrogens is 901 g/mol. The highest BCUT2D eigenvalue weighted by Crippen LogP contribution is 2.17. The van der Waals surface area contributed by atoms with Crippen LogP contribution in [0.15, 0.2) is 60.8 Å². The van der Waals surface area contributed by atoms with Crippen LogP contribution in [0.1, 0.15) is 329 Å². The van der Waals surface area contributed by atoms with E-state index in [1.54, 1.807) is 0 Å². The Morgan fingerprint density at radius 2 is 0.507 bits per heavy atom. The molecule has 0 bridgehead atoms. The van der Waals surface area contributed by atoms with E-state index < -0.39 is 6.10 Å². The van der Waals surface area contributed by atoms with Crippen molar-refractivity contribution < 1.29 is 28.6 Å². The molecule has 0 saturated carbocycles. The normalized spacial score (nSPS) is 12.4. The monoisotopic (exact) mass is 1020 g/mol. The number of hydrogen-bond acceptors (Lipinski definition) is 6. The minimum Gasteiger partial charge on any atom is -0.462 e. The summed E-state index contributed by atoms with van der Waals surface area (Å²) in [5.74, 6) is -0.897. The van der Waals surface area contributed by atoms with E-state index >= 15 is 0 Å². The Labute approximate surface area is 453 Å². The minimum atomic E-state index is -0.787. The lowest BCUT2D eigenvalue weighted by Gasteiger charge is -2.18. The van der Waals surface area contributed by atoms with Crippen molar-refractivity contribution in [2.24, 2.45) is 0 Å². The second-order valence-electron chi connectivity index (χ2n) is 21.3. The van der Waals surface area contributed by atoms with Crippen molar-refractivity contribution >= 4 is 17.9 Å². The molecule has 0 fully saturated rings. The fourth-order valence-electron chi connectivity index (χ4n) is 9.12. The quantitative estimate of drug-likeness (QED) is 0.0261. The van der Waals surface area contributed by atoms with E-state index in [1.807, 2.05) is 0 Å². The first kappa shape index (κ1) is 70.1. The number of allylic oxidation sites excluding steroid dienone is 10. The summed E-state index contributed by atoms with van der Waals surface area (Å²) in [6, 6.07) is 0. The topological polar surface area (TPSA) is 78.9 Å². The predicted molar refractivity (Wildman–Crippen MR) is 316 cm³/mol. The summed E-state index contributed by atoms with van der Waals surface area (Å²) >= 11 is 0. The zero-order valence-corrected chi connectivity index (χ0v) is 48.7. The fourth-order valence-corrected chi connectivity index (χ4v) is 9.12. The third kappa shape index (κ3) is 59.9. The van der Waals surface area contributed by atoms with Crippen LogP contribution in [0.2, 0.25) is 0 Å². The molecule has 1 atom stereocenters. The summed E-state index contributed by atoms with van der Waals surface area (Å²) in [5.41, 5.74) is 0. The van der Waals surface area contributed by atoms with Gasteiger partial charge in [-0.05, 0) is 96.3 Å². The van der Waals surface area contributed by atoms with Crippen molar-refractivity contribution in [1.82, 2.24) is 0 Å². The Kier molecular flexibility index (Phi) is 59.2. The van der Waals surface area contributed by atoms with Crippen LogP contribution < -0.4 is 0 Å². The Bertz CT molecular complexity index is 1310. The van der Waals surface area contributed by atoms with Gasteiger partial charge in [-0.15, -0.1) is 0 Å². The highest BCUT2D eigenvalue weighted by Gasteiger charge is 2.19. The van der Waals surface area contributed by atoms with Crippen LogP contribution in [-0.4, -0.2) is 37.2 Å². The van der Waals surface area contributed by atoms with E-state index in [9.17, 15) is 14.4 Å². The smallest absolute Gasteiger partial charge is 0.306 e. The number of unbranched alkanes of at least 4 members (excludes halogenated alkanes) is 37. The highest BCUT2D eigenvalue weighted by atomic mass is 16.6. The summed E-state index contributed by atoms with van der Waals surface area (Å²) in [6.07, 6.45) is 78.1. The molecular formula is C67H120O6. The van der Waals surface area contributed by atoms with Crippen molar-refractivity contribution in [1.29, 1.82) is 0 Å². The largest absolute Gasteiger partial charge is 0.462 e. The van der Waals surface area contributed by atoms with E-state index in [4.69, 9.17) is 14.2 Å². The van der Waals surface area contributed by atoms with Gasteiger partial charge in [0.2, 0.25) is 0 Å². The SMILES string of the molecule is CCCC/C=C\C/C=C\CCCCCCCC(=O)OCC(COC(=O)CCCCCCCCCCCCCCCCC/C=C\CCCCCCCCCC)OC(=O)CCCCCCC/C=C\C/C=C\CCCC. The lowest BCUT2D eigenvalue weighted by molar-refractivity contribution is -0.167. The molecule has 0 amide bonds. The summed E-state index contributed by atoms with van der Waals surface area (Å²) in [7, 11) is 0. The molecule has 6 nitrogen and oxygen atoms in total. The molecule has 0 saturated heterocycles. The lowest BCUT2D eigenvalue weighted by Crippen LogP contribution is -2.30. The van der Waals surface area contributed by atoms with Crippen LogP contribution in [0.3, 0.4) is 0 Å². The predicted octanol–water partition coefficient (Wildman–Crippen LogP) is 21.6. The first-order chi connectivity index (χ1) is 36.0. The molecule has 0 aliphatic carbocycles. The van der Waals surface area contributed by atoms with Crippen molar-refractivity contribution in [2.75, 3.05) is 13.2 Å². The van der Waals surface area contributed by atoms with Crippen LogP contribution in [0, 0.1) is 0 Å². The molecule has 0 aromatic rings. The molecule has 0 radical (unpaired) electrons. The van der Waals surface area contributed by atoms with E-state index in [1.165, 1.54) is 186 Å². The molecule has 424 valence electrons. The second-order valence-corrected chi connectivity index (χ2v) is 21.3. The average Bonchev–Trinajstić information content (AvgIpc) is 3.39. The van der Waals surface area contributed by atoms with Gasteiger partial charge in [0.05, 0.1) is 0 Å². The van der Waals surface area contributed by atoms with E-state index in [2.05, 4.69) is 81.5 Å². The molecule has 0 aliphatic rings. The summed E-state index contributed by atoms with van der Waals surface area (Å²) in [5, 5.41) is 0. The van der Waals surface area contributed by atoms with Crippen LogP contribution in [0.4, 0.5) is 0 Å². The van der Waals surface area contributed by atoms with Crippen LogP contribution in [0.5, 0.6) is 0 Å². The fraction of sp³-hybridized carbons (Fsp3) is 0.806. The average molecular weight is 1020 g/mol. The molecule has 0 aliphatic heterocycles. The molecule has 0 spiro atoms. The first-order valence-electron chi connectivity index (χ1n) is 31.8. The molecule has 0 aromatic carbocycles. The number of hydrogen-bond donors (Lipinski definition) is 0. The van der Waals surface area contributed by atoms with Crippen molar-refractivity contribution in [3.63, 3.8) is 0 Å². The van der Waals surface area contributed by atoms with Gasteiger partial charge in [0.1, 0.15) is 13.2 Å². The number of carbonyl (C=O) groups is 3. The molecule has 6 heteroatoms. The Morgan fingerprint density at radius 1 is 0.274 bits per heavy atom. The lowest BCUT2D eigenvalue weighted by atomic mass is 10.0.